The number of nitrogens with one attached hydrogen (secondary N) is 3. The fraction of sp³-hybridized carbons (Fsp3) is 0.250. The van der Waals surface area contributed by atoms with Crippen molar-refractivity contribution in [3.05, 3.63) is 95.7 Å². The minimum atomic E-state index is -1.20. The lowest BCUT2D eigenvalue weighted by Crippen LogP contribution is -2.52. The van der Waals surface area contributed by atoms with E-state index in [2.05, 4.69) is 20.6 Å². The number of hydrogen-bond acceptors (Lipinski definition) is 5. The zero-order valence-electron chi connectivity index (χ0n) is 23.5. The van der Waals surface area contributed by atoms with Gasteiger partial charge in [0, 0.05) is 36.0 Å². The number of aliphatic carboxylic acids is 1. The van der Waals surface area contributed by atoms with Gasteiger partial charge in [0.2, 0.25) is 5.91 Å². The highest BCUT2D eigenvalue weighted by atomic mass is 16.5. The number of carbonyl (C=O) groups is 3. The smallest absolute Gasteiger partial charge is 0.407 e. The first-order valence-corrected chi connectivity index (χ1v) is 14.1. The van der Waals surface area contributed by atoms with Crippen molar-refractivity contribution >= 4 is 34.8 Å². The Bertz CT molecular complexity index is 1620. The van der Waals surface area contributed by atoms with Crippen molar-refractivity contribution in [2.45, 2.75) is 37.3 Å². The van der Waals surface area contributed by atoms with Crippen LogP contribution < -0.4 is 22.1 Å². The van der Waals surface area contributed by atoms with E-state index in [0.29, 0.717) is 6.42 Å². The van der Waals surface area contributed by atoms with E-state index in [-0.39, 0.29) is 37.9 Å². The van der Waals surface area contributed by atoms with Crippen molar-refractivity contribution in [1.82, 2.24) is 15.6 Å². The molecule has 3 aromatic carbocycles. The molecule has 0 aliphatic heterocycles. The van der Waals surface area contributed by atoms with Gasteiger partial charge < -0.3 is 36.9 Å². The van der Waals surface area contributed by atoms with Crippen LogP contribution in [0.25, 0.3) is 22.0 Å². The van der Waals surface area contributed by atoms with Crippen LogP contribution in [0.3, 0.4) is 0 Å². The van der Waals surface area contributed by atoms with E-state index in [1.165, 1.54) is 0 Å². The molecule has 11 nitrogen and oxygen atoms in total. The van der Waals surface area contributed by atoms with Crippen LogP contribution in [0.4, 0.5) is 4.79 Å². The zero-order valence-corrected chi connectivity index (χ0v) is 23.5. The molecule has 0 spiro atoms. The summed E-state index contributed by atoms with van der Waals surface area (Å²) >= 11 is 0. The molecular weight excluding hydrogens is 548 g/mol. The summed E-state index contributed by atoms with van der Waals surface area (Å²) in [6.07, 6.45) is 1.54. The van der Waals surface area contributed by atoms with Crippen LogP contribution in [-0.4, -0.2) is 59.3 Å². The highest BCUT2D eigenvalue weighted by molar-refractivity contribution is 5.91. The number of carboxylic acid groups (broad SMARTS) is 1. The second kappa shape index (κ2) is 13.1. The number of aliphatic imine (C=N–C) groups is 1. The summed E-state index contributed by atoms with van der Waals surface area (Å²) in [4.78, 5) is 45.6. The zero-order chi connectivity index (χ0) is 30.3. The molecular formula is C32H34N6O5. The topological polar surface area (TPSA) is 185 Å². The van der Waals surface area contributed by atoms with Crippen molar-refractivity contribution in [2.75, 3.05) is 13.2 Å². The third kappa shape index (κ3) is 6.78. The highest BCUT2D eigenvalue weighted by Gasteiger charge is 2.31. The van der Waals surface area contributed by atoms with Gasteiger partial charge in [-0.15, -0.1) is 0 Å². The molecule has 0 saturated heterocycles. The van der Waals surface area contributed by atoms with Gasteiger partial charge in [-0.3, -0.25) is 9.79 Å². The summed E-state index contributed by atoms with van der Waals surface area (Å²) in [7, 11) is 0. The number of alkyl carbamates (subject to hydrolysis) is 1. The third-order valence-electron chi connectivity index (χ3n) is 7.61. The van der Waals surface area contributed by atoms with Crippen LogP contribution in [0.2, 0.25) is 0 Å². The number of aromatic amines is 1. The van der Waals surface area contributed by atoms with Crippen molar-refractivity contribution in [1.29, 1.82) is 0 Å². The molecule has 1 aliphatic carbocycles. The van der Waals surface area contributed by atoms with Crippen LogP contribution in [0, 0.1) is 0 Å². The molecule has 5 rings (SSSR count). The van der Waals surface area contributed by atoms with Gasteiger partial charge in [-0.25, -0.2) is 9.59 Å². The van der Waals surface area contributed by atoms with E-state index in [1.807, 2.05) is 72.8 Å². The van der Waals surface area contributed by atoms with Gasteiger partial charge in [0.25, 0.3) is 0 Å². The van der Waals surface area contributed by atoms with Gasteiger partial charge in [-0.1, -0.05) is 66.7 Å². The first kappa shape index (κ1) is 29.2. The molecule has 8 N–H and O–H groups in total. The van der Waals surface area contributed by atoms with Crippen molar-refractivity contribution < 1.29 is 24.2 Å². The maximum atomic E-state index is 13.5. The Balaban J connectivity index is 1.30. The average Bonchev–Trinajstić information content (AvgIpc) is 3.55. The number of benzene rings is 3. The number of H-pyrrole nitrogens is 1. The minimum Gasteiger partial charge on any atom is -0.480 e. The standard InChI is InChI=1S/C32H34N6O5/c33-31(34)35-15-7-14-27(30(40)41)37-29(39)28(16-19-17-36-26-13-6-5-8-20(19)26)38-32(42)43-18-25-23-11-3-1-9-21(23)22-10-2-4-12-24(22)25/h1-6,8-13,17,25,27-28,36H,7,14-16,18H2,(H,37,39)(H,38,42)(H,40,41)(H4,33,34,35). The second-order valence-electron chi connectivity index (χ2n) is 10.4. The molecule has 0 bridgehead atoms. The summed E-state index contributed by atoms with van der Waals surface area (Å²) in [5.74, 6) is -2.10. The summed E-state index contributed by atoms with van der Waals surface area (Å²) in [6, 6.07) is 21.3. The number of fused-ring (bicyclic) bond motifs is 4. The van der Waals surface area contributed by atoms with E-state index in [9.17, 15) is 19.5 Å². The Morgan fingerprint density at radius 3 is 2.23 bits per heavy atom. The number of nitrogens with two attached hydrogens (primary N) is 2. The number of aromatic nitrogens is 1. The molecule has 2 unspecified atom stereocenters. The van der Waals surface area contributed by atoms with Crippen molar-refractivity contribution in [2.24, 2.45) is 16.5 Å². The van der Waals surface area contributed by atoms with Gasteiger partial charge in [0.05, 0.1) is 0 Å². The summed E-state index contributed by atoms with van der Waals surface area (Å²) in [5, 5.41) is 15.9. The Kier molecular flexibility index (Phi) is 8.90. The summed E-state index contributed by atoms with van der Waals surface area (Å²) < 4.78 is 5.69. The number of amides is 2. The number of carboxylic acids is 1. The molecule has 222 valence electrons. The average molecular weight is 583 g/mol. The van der Waals surface area contributed by atoms with Crippen LogP contribution in [0.5, 0.6) is 0 Å². The number of carbonyl (C=O) groups excluding carboxylic acids is 2. The second-order valence-corrected chi connectivity index (χ2v) is 10.4. The van der Waals surface area contributed by atoms with Crippen molar-refractivity contribution in [3.63, 3.8) is 0 Å². The summed E-state index contributed by atoms with van der Waals surface area (Å²) in [5.41, 5.74) is 16.7. The maximum absolute atomic E-state index is 13.5. The third-order valence-corrected chi connectivity index (χ3v) is 7.61. The lowest BCUT2D eigenvalue weighted by atomic mass is 9.98. The lowest BCUT2D eigenvalue weighted by molar-refractivity contribution is -0.142. The number of para-hydroxylation sites is 1. The van der Waals surface area contributed by atoms with E-state index in [4.69, 9.17) is 16.2 Å². The number of hydrogen-bond donors (Lipinski definition) is 6. The molecule has 0 saturated carbocycles. The molecule has 1 aliphatic rings. The number of guanidine groups is 1. The van der Waals surface area contributed by atoms with Crippen molar-refractivity contribution in [3.8, 4) is 11.1 Å². The monoisotopic (exact) mass is 582 g/mol. The van der Waals surface area contributed by atoms with Crippen LogP contribution in [0.15, 0.2) is 84.0 Å². The van der Waals surface area contributed by atoms with Gasteiger partial charge in [-0.05, 0) is 46.7 Å². The molecule has 43 heavy (non-hydrogen) atoms. The molecule has 1 heterocycles. The fourth-order valence-electron chi connectivity index (χ4n) is 5.55. The quantitative estimate of drug-likeness (QED) is 0.0841. The molecule has 11 heteroatoms. The van der Waals surface area contributed by atoms with Gasteiger partial charge >= 0.3 is 12.1 Å². The lowest BCUT2D eigenvalue weighted by Gasteiger charge is -2.22. The Morgan fingerprint density at radius 1 is 0.907 bits per heavy atom. The van der Waals surface area contributed by atoms with E-state index in [1.54, 1.807) is 6.20 Å². The summed E-state index contributed by atoms with van der Waals surface area (Å²) in [6.45, 7) is 0.294. The van der Waals surface area contributed by atoms with Crippen LogP contribution in [-0.2, 0) is 20.7 Å². The van der Waals surface area contributed by atoms with Gasteiger partial charge in [0.1, 0.15) is 18.7 Å². The molecule has 0 radical (unpaired) electrons. The molecule has 0 fully saturated rings. The Labute approximate surface area is 248 Å². The van der Waals surface area contributed by atoms with Crippen LogP contribution in [0.1, 0.15) is 35.4 Å². The fourth-order valence-corrected chi connectivity index (χ4v) is 5.55. The number of nitrogens with zero attached hydrogens (tertiary/aromatic N) is 1. The van der Waals surface area contributed by atoms with Gasteiger partial charge in [-0.2, -0.15) is 0 Å². The van der Waals surface area contributed by atoms with Crippen LogP contribution >= 0.6 is 0 Å². The van der Waals surface area contributed by atoms with Gasteiger partial charge in [0.15, 0.2) is 5.96 Å². The number of rotatable bonds is 12. The Morgan fingerprint density at radius 2 is 1.56 bits per heavy atom. The molecule has 1 aromatic heterocycles. The molecule has 2 amide bonds. The van der Waals surface area contributed by atoms with E-state index >= 15 is 0 Å². The molecule has 4 aromatic rings. The first-order chi connectivity index (χ1) is 20.8. The predicted octanol–water partition coefficient (Wildman–Crippen LogP) is 3.24. The largest absolute Gasteiger partial charge is 0.480 e. The Hall–Kier alpha value is -5.32. The predicted molar refractivity (Wildman–Crippen MR) is 163 cm³/mol. The SMILES string of the molecule is NC(N)=NCCCC(NC(=O)C(Cc1c[nH]c2ccccc12)NC(=O)OCC1c2ccccc2-c2ccccc21)C(=O)O. The first-order valence-electron chi connectivity index (χ1n) is 14.1. The minimum absolute atomic E-state index is 0.0732. The maximum Gasteiger partial charge on any atom is 0.407 e. The number of ether oxygens (including phenoxy) is 1. The molecule has 2 atom stereocenters. The van der Waals surface area contributed by atoms with E-state index in [0.717, 1.165) is 38.7 Å². The van der Waals surface area contributed by atoms with E-state index < -0.39 is 30.1 Å². The highest BCUT2D eigenvalue weighted by Crippen LogP contribution is 2.44. The normalized spacial score (nSPS) is 13.4.